The van der Waals surface area contributed by atoms with Crippen LogP contribution in [0.2, 0.25) is 0 Å². The van der Waals surface area contributed by atoms with E-state index in [2.05, 4.69) is 10.2 Å². The molecule has 0 bridgehead atoms. The average molecular weight is 316 g/mol. The minimum atomic E-state index is -0.728. The molecule has 0 aliphatic rings. The third-order valence-electron chi connectivity index (χ3n) is 3.09. The molecule has 23 heavy (non-hydrogen) atoms. The molecule has 0 aliphatic carbocycles. The molecular formula is C13H8N4O6. The largest absolute Gasteiger partial charge is 0.469 e. The Balaban J connectivity index is 2.08. The van der Waals surface area contributed by atoms with Crippen LogP contribution in [0, 0.1) is 27.2 Å². The summed E-state index contributed by atoms with van der Waals surface area (Å²) in [5, 5.41) is 29.4. The van der Waals surface area contributed by atoms with E-state index >= 15 is 0 Å². The van der Waals surface area contributed by atoms with Gasteiger partial charge in [0.05, 0.1) is 33.3 Å². The lowest BCUT2D eigenvalue weighted by Gasteiger charge is -1.97. The number of non-ortho nitro benzene ring substituents is 2. The average Bonchev–Trinajstić information content (AvgIpc) is 3.15. The van der Waals surface area contributed by atoms with Gasteiger partial charge < -0.3 is 8.83 Å². The Labute approximate surface area is 127 Å². The number of aryl methyl sites for hydroxylation is 1. The topological polar surface area (TPSA) is 138 Å². The van der Waals surface area contributed by atoms with E-state index in [1.165, 1.54) is 6.26 Å². The molecule has 3 aromatic rings. The van der Waals surface area contributed by atoms with Crippen molar-refractivity contribution in [3.63, 3.8) is 0 Å². The molecular weight excluding hydrogens is 308 g/mol. The van der Waals surface area contributed by atoms with E-state index < -0.39 is 21.2 Å². The maximum atomic E-state index is 10.9. The summed E-state index contributed by atoms with van der Waals surface area (Å²) >= 11 is 0. The van der Waals surface area contributed by atoms with E-state index in [-0.39, 0.29) is 17.3 Å². The summed E-state index contributed by atoms with van der Waals surface area (Å²) in [5.74, 6) is 0.651. The van der Waals surface area contributed by atoms with Gasteiger partial charge in [-0.3, -0.25) is 20.2 Å². The van der Waals surface area contributed by atoms with Crippen LogP contribution in [-0.4, -0.2) is 20.0 Å². The van der Waals surface area contributed by atoms with Gasteiger partial charge in [-0.15, -0.1) is 10.2 Å². The summed E-state index contributed by atoms with van der Waals surface area (Å²) in [6.45, 7) is 1.71. The zero-order chi connectivity index (χ0) is 16.6. The minimum Gasteiger partial charge on any atom is -0.469 e. The number of hydrogen-bond donors (Lipinski definition) is 0. The highest BCUT2D eigenvalue weighted by atomic mass is 16.6. The Hall–Kier alpha value is -3.56. The number of furan rings is 1. The van der Waals surface area contributed by atoms with Crippen LogP contribution in [-0.2, 0) is 0 Å². The van der Waals surface area contributed by atoms with Crippen molar-refractivity contribution in [2.45, 2.75) is 6.92 Å². The second kappa shape index (κ2) is 5.33. The molecule has 0 saturated carbocycles. The quantitative estimate of drug-likeness (QED) is 0.528. The number of nitrogens with zero attached hydrogens (tertiary/aromatic N) is 4. The molecule has 0 radical (unpaired) electrons. The van der Waals surface area contributed by atoms with E-state index in [0.29, 0.717) is 11.3 Å². The zero-order valence-electron chi connectivity index (χ0n) is 11.6. The Morgan fingerprint density at radius 3 is 2.13 bits per heavy atom. The van der Waals surface area contributed by atoms with Gasteiger partial charge in [0.15, 0.2) is 0 Å². The summed E-state index contributed by atoms with van der Waals surface area (Å²) in [7, 11) is 0. The first-order valence-electron chi connectivity index (χ1n) is 6.28. The second-order valence-corrected chi connectivity index (χ2v) is 4.56. The van der Waals surface area contributed by atoms with Crippen molar-refractivity contribution in [2.75, 3.05) is 0 Å². The summed E-state index contributed by atoms with van der Waals surface area (Å²) in [4.78, 5) is 20.3. The first kappa shape index (κ1) is 14.4. The highest BCUT2D eigenvalue weighted by Gasteiger charge is 2.21. The van der Waals surface area contributed by atoms with E-state index in [1.54, 1.807) is 13.0 Å². The van der Waals surface area contributed by atoms with Crippen LogP contribution in [0.4, 0.5) is 11.4 Å². The van der Waals surface area contributed by atoms with Gasteiger partial charge >= 0.3 is 0 Å². The Kier molecular flexibility index (Phi) is 3.33. The van der Waals surface area contributed by atoms with Crippen LogP contribution in [0.5, 0.6) is 0 Å². The lowest BCUT2D eigenvalue weighted by molar-refractivity contribution is -0.394. The van der Waals surface area contributed by atoms with Crippen molar-refractivity contribution >= 4 is 11.4 Å². The summed E-state index contributed by atoms with van der Waals surface area (Å²) in [6, 6.07) is 4.75. The summed E-state index contributed by atoms with van der Waals surface area (Å²) in [5.41, 5.74) is -0.212. The first-order chi connectivity index (χ1) is 11.0. The molecule has 3 rings (SSSR count). The molecule has 0 spiro atoms. The van der Waals surface area contributed by atoms with Crippen molar-refractivity contribution in [2.24, 2.45) is 0 Å². The first-order valence-corrected chi connectivity index (χ1v) is 6.28. The van der Waals surface area contributed by atoms with Crippen LogP contribution < -0.4 is 0 Å². The van der Waals surface area contributed by atoms with E-state index in [0.717, 1.165) is 18.2 Å². The maximum absolute atomic E-state index is 10.9. The Morgan fingerprint density at radius 2 is 1.61 bits per heavy atom. The Morgan fingerprint density at radius 1 is 1.00 bits per heavy atom. The van der Waals surface area contributed by atoms with Crippen molar-refractivity contribution < 1.29 is 18.7 Å². The van der Waals surface area contributed by atoms with Gasteiger partial charge in [0.25, 0.3) is 17.3 Å². The molecule has 0 unspecified atom stereocenters. The molecule has 116 valence electrons. The Bertz CT molecular complexity index is 881. The summed E-state index contributed by atoms with van der Waals surface area (Å²) < 4.78 is 10.6. The van der Waals surface area contributed by atoms with Crippen LogP contribution in [0.25, 0.3) is 22.9 Å². The van der Waals surface area contributed by atoms with Gasteiger partial charge in [-0.05, 0) is 13.0 Å². The molecule has 10 nitrogen and oxygen atoms in total. The number of benzene rings is 1. The van der Waals surface area contributed by atoms with Crippen molar-refractivity contribution in [1.82, 2.24) is 10.2 Å². The molecule has 2 aromatic heterocycles. The lowest BCUT2D eigenvalue weighted by atomic mass is 10.2. The van der Waals surface area contributed by atoms with Crippen molar-refractivity contribution in [3.05, 3.63) is 56.5 Å². The highest BCUT2D eigenvalue weighted by molar-refractivity contribution is 5.64. The standard InChI is InChI=1S/C13H8N4O6/c1-7-11(2-3-22-7)13-15-14-12(23-13)8-4-9(16(18)19)6-10(5-8)17(20)21/h2-6H,1H3. The van der Waals surface area contributed by atoms with Crippen molar-refractivity contribution in [3.8, 4) is 22.9 Å². The fourth-order valence-electron chi connectivity index (χ4n) is 1.99. The van der Waals surface area contributed by atoms with Crippen LogP contribution in [0.15, 0.2) is 39.4 Å². The minimum absolute atomic E-state index is 0.0626. The van der Waals surface area contributed by atoms with Crippen molar-refractivity contribution in [1.29, 1.82) is 0 Å². The van der Waals surface area contributed by atoms with E-state index in [4.69, 9.17) is 8.83 Å². The number of hydrogen-bond acceptors (Lipinski definition) is 8. The highest BCUT2D eigenvalue weighted by Crippen LogP contribution is 2.31. The molecule has 1 aromatic carbocycles. The predicted molar refractivity (Wildman–Crippen MR) is 75.5 cm³/mol. The van der Waals surface area contributed by atoms with E-state index in [9.17, 15) is 20.2 Å². The van der Waals surface area contributed by atoms with E-state index in [1.807, 2.05) is 0 Å². The van der Waals surface area contributed by atoms with Gasteiger partial charge in [0.2, 0.25) is 5.89 Å². The smallest absolute Gasteiger partial charge is 0.277 e. The van der Waals surface area contributed by atoms with Gasteiger partial charge in [-0.25, -0.2) is 0 Å². The van der Waals surface area contributed by atoms with Crippen LogP contribution in [0.3, 0.4) is 0 Å². The third-order valence-corrected chi connectivity index (χ3v) is 3.09. The lowest BCUT2D eigenvalue weighted by Crippen LogP contribution is -1.94. The van der Waals surface area contributed by atoms with Gasteiger partial charge in [0.1, 0.15) is 5.76 Å². The second-order valence-electron chi connectivity index (χ2n) is 4.56. The predicted octanol–water partition coefficient (Wildman–Crippen LogP) is 3.12. The maximum Gasteiger partial charge on any atom is 0.277 e. The molecule has 0 amide bonds. The third kappa shape index (κ3) is 2.64. The fraction of sp³-hybridized carbons (Fsp3) is 0.0769. The molecule has 0 fully saturated rings. The fourth-order valence-corrected chi connectivity index (χ4v) is 1.99. The molecule has 10 heteroatoms. The number of nitro benzene ring substituents is 2. The normalized spacial score (nSPS) is 10.7. The molecule has 0 N–H and O–H groups in total. The zero-order valence-corrected chi connectivity index (χ0v) is 11.6. The SMILES string of the molecule is Cc1occc1-c1nnc(-c2cc([N+](=O)[O-])cc([N+](=O)[O-])c2)o1. The molecule has 0 atom stereocenters. The molecule has 2 heterocycles. The number of nitro groups is 2. The van der Waals surface area contributed by atoms with Crippen LogP contribution in [0.1, 0.15) is 5.76 Å². The van der Waals surface area contributed by atoms with Gasteiger partial charge in [-0.1, -0.05) is 0 Å². The monoisotopic (exact) mass is 316 g/mol. The van der Waals surface area contributed by atoms with Gasteiger partial charge in [-0.2, -0.15) is 0 Å². The number of aromatic nitrogens is 2. The number of rotatable bonds is 4. The van der Waals surface area contributed by atoms with Crippen LogP contribution >= 0.6 is 0 Å². The van der Waals surface area contributed by atoms with Gasteiger partial charge in [0, 0.05) is 12.1 Å². The molecule has 0 aliphatic heterocycles. The summed E-state index contributed by atoms with van der Waals surface area (Å²) in [6.07, 6.45) is 1.45. The molecule has 0 saturated heterocycles.